The van der Waals surface area contributed by atoms with Gasteiger partial charge in [0.25, 0.3) is 5.56 Å². The minimum Gasteiger partial charge on any atom is -0.348 e. The van der Waals surface area contributed by atoms with Crippen LogP contribution in [-0.2, 0) is 11.3 Å². The molecule has 0 saturated heterocycles. The van der Waals surface area contributed by atoms with Crippen LogP contribution in [0.1, 0.15) is 18.5 Å². The van der Waals surface area contributed by atoms with E-state index in [0.717, 1.165) is 16.0 Å². The van der Waals surface area contributed by atoms with E-state index in [9.17, 15) is 9.59 Å². The smallest absolute Gasteiger partial charge is 0.262 e. The molecule has 1 aromatic carbocycles. The molecule has 0 fully saturated rings. The lowest BCUT2D eigenvalue weighted by Crippen LogP contribution is -2.33. The summed E-state index contributed by atoms with van der Waals surface area (Å²) in [4.78, 5) is 35.2. The molecule has 0 aliphatic carbocycles. The fourth-order valence-electron chi connectivity index (χ4n) is 2.99. The van der Waals surface area contributed by atoms with Gasteiger partial charge in [0.2, 0.25) is 5.91 Å². The summed E-state index contributed by atoms with van der Waals surface area (Å²) in [7, 11) is 0. The average Bonchev–Trinajstić information content (AvgIpc) is 3.17. The minimum absolute atomic E-state index is 0.0757. The van der Waals surface area contributed by atoms with E-state index in [1.54, 1.807) is 12.4 Å². The molecule has 0 radical (unpaired) electrons. The molecule has 0 saturated carbocycles. The van der Waals surface area contributed by atoms with E-state index < -0.39 is 0 Å². The highest BCUT2D eigenvalue weighted by Crippen LogP contribution is 2.30. The van der Waals surface area contributed by atoms with Crippen LogP contribution in [0.15, 0.2) is 72.0 Å². The summed E-state index contributed by atoms with van der Waals surface area (Å²) in [5.74, 6) is -0.244. The normalized spacial score (nSPS) is 12.0. The molecule has 28 heavy (non-hydrogen) atoms. The molecule has 1 amide bonds. The average molecular weight is 390 g/mol. The largest absolute Gasteiger partial charge is 0.348 e. The summed E-state index contributed by atoms with van der Waals surface area (Å²) < 4.78 is 1.35. The Morgan fingerprint density at radius 1 is 1.18 bits per heavy atom. The number of rotatable bonds is 5. The Bertz CT molecular complexity index is 1170. The molecule has 1 N–H and O–H groups in total. The maximum Gasteiger partial charge on any atom is 0.262 e. The highest BCUT2D eigenvalue weighted by molar-refractivity contribution is 7.21. The van der Waals surface area contributed by atoms with Crippen molar-refractivity contribution in [3.05, 3.63) is 83.2 Å². The molecule has 0 bridgehead atoms. The molecule has 0 spiro atoms. The van der Waals surface area contributed by atoms with Crippen molar-refractivity contribution in [1.29, 1.82) is 0 Å². The molecular weight excluding hydrogens is 372 g/mol. The number of hydrogen-bond donors (Lipinski definition) is 1. The minimum atomic E-state index is -0.244. The first-order valence-electron chi connectivity index (χ1n) is 8.85. The van der Waals surface area contributed by atoms with E-state index in [1.165, 1.54) is 22.2 Å². The molecule has 140 valence electrons. The second-order valence-corrected chi connectivity index (χ2v) is 7.47. The van der Waals surface area contributed by atoms with Gasteiger partial charge < -0.3 is 5.32 Å². The van der Waals surface area contributed by atoms with E-state index in [4.69, 9.17) is 0 Å². The van der Waals surface area contributed by atoms with Gasteiger partial charge in [-0.1, -0.05) is 30.3 Å². The molecule has 3 aromatic heterocycles. The van der Waals surface area contributed by atoms with Gasteiger partial charge in [-0.3, -0.25) is 19.1 Å². The highest BCUT2D eigenvalue weighted by Gasteiger charge is 2.14. The van der Waals surface area contributed by atoms with Crippen molar-refractivity contribution in [2.45, 2.75) is 19.5 Å². The van der Waals surface area contributed by atoms with Gasteiger partial charge in [0.05, 0.1) is 17.8 Å². The van der Waals surface area contributed by atoms with Crippen molar-refractivity contribution in [2.75, 3.05) is 0 Å². The summed E-state index contributed by atoms with van der Waals surface area (Å²) in [6.07, 6.45) is 4.80. The Morgan fingerprint density at radius 3 is 2.68 bits per heavy atom. The van der Waals surface area contributed by atoms with E-state index in [-0.39, 0.29) is 24.1 Å². The predicted octanol–water partition coefficient (Wildman–Crippen LogP) is 3.40. The number of pyridine rings is 1. The van der Waals surface area contributed by atoms with Crippen molar-refractivity contribution < 1.29 is 4.79 Å². The maximum atomic E-state index is 12.8. The number of thiophene rings is 1. The van der Waals surface area contributed by atoms with Gasteiger partial charge in [-0.15, -0.1) is 11.3 Å². The van der Waals surface area contributed by atoms with Crippen LogP contribution in [0.4, 0.5) is 0 Å². The Morgan fingerprint density at radius 2 is 1.93 bits per heavy atom. The van der Waals surface area contributed by atoms with Crippen LogP contribution in [0.5, 0.6) is 0 Å². The molecule has 1 atom stereocenters. The zero-order chi connectivity index (χ0) is 19.5. The Balaban J connectivity index is 1.55. The summed E-state index contributed by atoms with van der Waals surface area (Å²) in [6.45, 7) is 1.82. The van der Waals surface area contributed by atoms with Gasteiger partial charge in [-0.05, 0) is 36.2 Å². The molecule has 0 aliphatic heterocycles. The number of hydrogen-bond acceptors (Lipinski definition) is 5. The van der Waals surface area contributed by atoms with Crippen LogP contribution in [0.3, 0.4) is 0 Å². The summed E-state index contributed by atoms with van der Waals surface area (Å²) >= 11 is 1.47. The highest BCUT2D eigenvalue weighted by atomic mass is 32.1. The Kier molecular flexibility index (Phi) is 4.99. The first kappa shape index (κ1) is 18.1. The molecule has 4 aromatic rings. The maximum absolute atomic E-state index is 12.8. The van der Waals surface area contributed by atoms with Crippen molar-refractivity contribution >= 4 is 27.5 Å². The van der Waals surface area contributed by atoms with Gasteiger partial charge in [0, 0.05) is 17.3 Å². The third kappa shape index (κ3) is 3.70. The molecule has 0 aliphatic rings. The summed E-state index contributed by atoms with van der Waals surface area (Å²) in [6, 6.07) is 15.2. The lowest BCUT2D eigenvalue weighted by Gasteiger charge is -2.14. The van der Waals surface area contributed by atoms with Gasteiger partial charge in [-0.2, -0.15) is 0 Å². The number of carbonyl (C=O) groups excluding carboxylic acids is 1. The summed E-state index contributed by atoms with van der Waals surface area (Å²) in [5.41, 5.74) is 1.78. The van der Waals surface area contributed by atoms with Crippen LogP contribution >= 0.6 is 11.3 Å². The number of aromatic nitrogens is 3. The fraction of sp³-hybridized carbons (Fsp3) is 0.143. The molecular formula is C21H18N4O2S. The van der Waals surface area contributed by atoms with E-state index in [1.807, 2.05) is 55.5 Å². The monoisotopic (exact) mass is 390 g/mol. The fourth-order valence-corrected chi connectivity index (χ4v) is 3.99. The van der Waals surface area contributed by atoms with Gasteiger partial charge >= 0.3 is 0 Å². The van der Waals surface area contributed by atoms with Crippen molar-refractivity contribution in [1.82, 2.24) is 19.9 Å². The Hall–Kier alpha value is -3.32. The molecule has 7 heteroatoms. The van der Waals surface area contributed by atoms with Crippen LogP contribution in [0, 0.1) is 0 Å². The zero-order valence-electron chi connectivity index (χ0n) is 15.2. The standard InChI is InChI=1S/C21H18N4O2S/c1-14(15-7-9-22-10-8-15)24-19(26)12-25-13-23-20-17(21(25)27)11-18(28-20)16-5-3-2-4-6-16/h2-11,13-14H,12H2,1H3,(H,24,26)/t14-/m0/s1. The zero-order valence-corrected chi connectivity index (χ0v) is 16.0. The number of fused-ring (bicyclic) bond motifs is 1. The van der Waals surface area contributed by atoms with E-state index >= 15 is 0 Å². The number of amides is 1. The van der Waals surface area contributed by atoms with Crippen LogP contribution in [-0.4, -0.2) is 20.4 Å². The lowest BCUT2D eigenvalue weighted by molar-refractivity contribution is -0.122. The molecule has 3 heterocycles. The first-order valence-corrected chi connectivity index (χ1v) is 9.67. The van der Waals surface area contributed by atoms with Crippen molar-refractivity contribution in [3.63, 3.8) is 0 Å². The van der Waals surface area contributed by atoms with Gasteiger partial charge in [0.15, 0.2) is 0 Å². The number of nitrogens with one attached hydrogen (secondary N) is 1. The first-order chi connectivity index (χ1) is 13.6. The van der Waals surface area contributed by atoms with Crippen molar-refractivity contribution in [2.24, 2.45) is 0 Å². The lowest BCUT2D eigenvalue weighted by atomic mass is 10.1. The molecule has 6 nitrogen and oxygen atoms in total. The van der Waals surface area contributed by atoms with E-state index in [2.05, 4.69) is 15.3 Å². The third-order valence-corrected chi connectivity index (χ3v) is 5.57. The number of nitrogens with zero attached hydrogens (tertiary/aromatic N) is 3. The summed E-state index contributed by atoms with van der Waals surface area (Å²) in [5, 5.41) is 3.43. The van der Waals surface area contributed by atoms with Crippen LogP contribution in [0.25, 0.3) is 20.7 Å². The van der Waals surface area contributed by atoms with Gasteiger partial charge in [0.1, 0.15) is 11.4 Å². The number of benzene rings is 1. The van der Waals surface area contributed by atoms with Crippen LogP contribution < -0.4 is 10.9 Å². The topological polar surface area (TPSA) is 76.9 Å². The predicted molar refractivity (Wildman–Crippen MR) is 110 cm³/mol. The second kappa shape index (κ2) is 7.74. The number of carbonyl (C=O) groups is 1. The second-order valence-electron chi connectivity index (χ2n) is 6.44. The molecule has 0 unspecified atom stereocenters. The SMILES string of the molecule is C[C@H](NC(=O)Cn1cnc2sc(-c3ccccc3)cc2c1=O)c1ccncc1. The van der Waals surface area contributed by atoms with Gasteiger partial charge in [-0.25, -0.2) is 4.98 Å². The van der Waals surface area contributed by atoms with Crippen molar-refractivity contribution in [3.8, 4) is 10.4 Å². The van der Waals surface area contributed by atoms with Crippen LogP contribution in [0.2, 0.25) is 0 Å². The quantitative estimate of drug-likeness (QED) is 0.567. The third-order valence-electron chi connectivity index (χ3n) is 4.47. The molecule has 4 rings (SSSR count). The Labute approximate surface area is 165 Å². The van der Waals surface area contributed by atoms with E-state index in [0.29, 0.717) is 10.2 Å².